The van der Waals surface area contributed by atoms with E-state index in [0.717, 1.165) is 6.07 Å². The number of benzene rings is 1. The number of hydrogen-bond donors (Lipinski definition) is 1. The Hall–Kier alpha value is -0.760. The van der Waals surface area contributed by atoms with Gasteiger partial charge in [-0.3, -0.25) is 4.79 Å². The molecule has 1 unspecified atom stereocenters. The lowest BCUT2D eigenvalue weighted by Crippen LogP contribution is -2.20. The van der Waals surface area contributed by atoms with E-state index >= 15 is 0 Å². The van der Waals surface area contributed by atoms with Crippen molar-refractivity contribution in [2.75, 3.05) is 5.32 Å². The average molecular weight is 391 g/mol. The van der Waals surface area contributed by atoms with E-state index in [4.69, 9.17) is 0 Å². The van der Waals surface area contributed by atoms with Crippen LogP contribution >= 0.6 is 31.9 Å². The minimum Gasteiger partial charge on any atom is -0.405 e. The van der Waals surface area contributed by atoms with Crippen LogP contribution in [0, 0.1) is 0 Å². The highest BCUT2D eigenvalue weighted by atomic mass is 79.9. The first-order valence-electron chi connectivity index (χ1n) is 4.69. The van der Waals surface area contributed by atoms with E-state index in [-0.39, 0.29) is 16.1 Å². The molecule has 1 amide bonds. The molecule has 0 aliphatic rings. The molecule has 1 rings (SSSR count). The van der Waals surface area contributed by atoms with Crippen LogP contribution in [-0.4, -0.2) is 17.1 Å². The Morgan fingerprint density at radius 3 is 2.50 bits per heavy atom. The van der Waals surface area contributed by atoms with Gasteiger partial charge in [-0.05, 0) is 41.1 Å². The van der Waals surface area contributed by atoms with Crippen molar-refractivity contribution in [3.63, 3.8) is 0 Å². The van der Waals surface area contributed by atoms with Crippen LogP contribution in [0.2, 0.25) is 0 Å². The number of alkyl halides is 4. The van der Waals surface area contributed by atoms with Crippen molar-refractivity contribution in [2.24, 2.45) is 0 Å². The van der Waals surface area contributed by atoms with Gasteiger partial charge in [0.05, 0.1) is 9.30 Å². The summed E-state index contributed by atoms with van der Waals surface area (Å²) in [4.78, 5) is 11.0. The van der Waals surface area contributed by atoms with Gasteiger partial charge in [-0.2, -0.15) is 0 Å². The fourth-order valence-electron chi connectivity index (χ4n) is 1.03. The van der Waals surface area contributed by atoms with E-state index in [1.165, 1.54) is 12.1 Å². The van der Waals surface area contributed by atoms with E-state index in [9.17, 15) is 18.0 Å². The van der Waals surface area contributed by atoms with Gasteiger partial charge in [0, 0.05) is 5.69 Å². The first kappa shape index (κ1) is 15.3. The molecule has 0 spiro atoms. The molecule has 1 aromatic rings. The van der Waals surface area contributed by atoms with Crippen LogP contribution in [0.5, 0.6) is 5.75 Å². The van der Waals surface area contributed by atoms with Gasteiger partial charge >= 0.3 is 6.36 Å². The van der Waals surface area contributed by atoms with Crippen molar-refractivity contribution < 1.29 is 22.7 Å². The van der Waals surface area contributed by atoms with Crippen LogP contribution in [0.3, 0.4) is 0 Å². The van der Waals surface area contributed by atoms with E-state index in [2.05, 4.69) is 41.9 Å². The minimum atomic E-state index is -4.75. The Morgan fingerprint density at radius 1 is 1.44 bits per heavy atom. The number of nitrogens with one attached hydrogen (secondary N) is 1. The summed E-state index contributed by atoms with van der Waals surface area (Å²) in [6, 6.07) is 3.76. The molecule has 8 heteroatoms. The molecule has 1 N–H and O–H groups in total. The highest BCUT2D eigenvalue weighted by Crippen LogP contribution is 2.32. The molecule has 0 radical (unpaired) electrons. The van der Waals surface area contributed by atoms with E-state index in [1.807, 2.05) is 0 Å². The second kappa shape index (κ2) is 5.92. The summed E-state index contributed by atoms with van der Waals surface area (Å²) in [5, 5.41) is 2.52. The summed E-state index contributed by atoms with van der Waals surface area (Å²) in [7, 11) is 0. The molecule has 0 saturated carbocycles. The van der Waals surface area contributed by atoms with Gasteiger partial charge in [0.1, 0.15) is 5.75 Å². The van der Waals surface area contributed by atoms with Crippen molar-refractivity contribution in [1.29, 1.82) is 0 Å². The summed E-state index contributed by atoms with van der Waals surface area (Å²) in [6.45, 7) is 1.63. The van der Waals surface area contributed by atoms with Crippen LogP contribution in [0.4, 0.5) is 18.9 Å². The van der Waals surface area contributed by atoms with Gasteiger partial charge in [0.25, 0.3) is 0 Å². The molecule has 0 saturated heterocycles. The van der Waals surface area contributed by atoms with Crippen LogP contribution in [0.15, 0.2) is 22.7 Å². The molecule has 3 nitrogen and oxygen atoms in total. The Labute approximate surface area is 118 Å². The zero-order chi connectivity index (χ0) is 13.9. The van der Waals surface area contributed by atoms with E-state index in [0.29, 0.717) is 5.69 Å². The Morgan fingerprint density at radius 2 is 2.06 bits per heavy atom. The summed E-state index contributed by atoms with van der Waals surface area (Å²) < 4.78 is 39.9. The zero-order valence-electron chi connectivity index (χ0n) is 9.02. The zero-order valence-corrected chi connectivity index (χ0v) is 12.2. The molecule has 100 valence electrons. The maximum Gasteiger partial charge on any atom is 0.573 e. The maximum atomic E-state index is 12.0. The first-order valence-corrected chi connectivity index (χ1v) is 6.40. The van der Waals surface area contributed by atoms with Crippen molar-refractivity contribution in [2.45, 2.75) is 18.1 Å². The van der Waals surface area contributed by atoms with E-state index < -0.39 is 11.2 Å². The van der Waals surface area contributed by atoms with E-state index in [1.54, 1.807) is 6.92 Å². The Balaban J connectivity index is 2.83. The molecular weight excluding hydrogens is 383 g/mol. The minimum absolute atomic E-state index is 0.0971. The van der Waals surface area contributed by atoms with Gasteiger partial charge in [0.2, 0.25) is 5.91 Å². The van der Waals surface area contributed by atoms with Gasteiger partial charge in [-0.25, -0.2) is 0 Å². The van der Waals surface area contributed by atoms with Crippen molar-refractivity contribution in [3.8, 4) is 5.75 Å². The molecule has 1 atom stereocenters. The van der Waals surface area contributed by atoms with Gasteiger partial charge in [0.15, 0.2) is 0 Å². The number of carbonyl (C=O) groups is 1. The lowest BCUT2D eigenvalue weighted by molar-refractivity contribution is -0.274. The molecule has 0 aliphatic carbocycles. The summed E-state index contributed by atoms with van der Waals surface area (Å²) in [5.41, 5.74) is 0.368. The standard InChI is InChI=1S/C10H8Br2F3NO2/c1-5(11)9(17)16-6-2-3-8(7(12)4-6)18-10(13,14)15/h2-5H,1H3,(H,16,17). The SMILES string of the molecule is CC(Br)C(=O)Nc1ccc(OC(F)(F)F)c(Br)c1. The smallest absolute Gasteiger partial charge is 0.405 e. The van der Waals surface area contributed by atoms with Crippen molar-refractivity contribution in [3.05, 3.63) is 22.7 Å². The number of amides is 1. The van der Waals surface area contributed by atoms with Gasteiger partial charge in [-0.15, -0.1) is 13.2 Å². The number of rotatable bonds is 3. The molecule has 18 heavy (non-hydrogen) atoms. The second-order valence-electron chi connectivity index (χ2n) is 3.30. The highest BCUT2D eigenvalue weighted by molar-refractivity contribution is 9.10. The van der Waals surface area contributed by atoms with Crippen molar-refractivity contribution >= 4 is 43.5 Å². The van der Waals surface area contributed by atoms with Gasteiger partial charge in [-0.1, -0.05) is 15.9 Å². The lowest BCUT2D eigenvalue weighted by Gasteiger charge is -2.12. The number of ether oxygens (including phenoxy) is 1. The fourth-order valence-corrected chi connectivity index (χ4v) is 1.60. The lowest BCUT2D eigenvalue weighted by atomic mass is 10.3. The molecule has 0 aromatic heterocycles. The number of halogens is 5. The normalized spacial score (nSPS) is 13.0. The third-order valence-electron chi connectivity index (χ3n) is 1.79. The molecule has 1 aromatic carbocycles. The highest BCUT2D eigenvalue weighted by Gasteiger charge is 2.31. The molecule has 0 bridgehead atoms. The Bertz CT molecular complexity index is 449. The maximum absolute atomic E-state index is 12.0. The molecular formula is C10H8Br2F3NO2. The molecule has 0 aliphatic heterocycles. The van der Waals surface area contributed by atoms with Crippen LogP contribution in [0.1, 0.15) is 6.92 Å². The van der Waals surface area contributed by atoms with Crippen molar-refractivity contribution in [1.82, 2.24) is 0 Å². The van der Waals surface area contributed by atoms with Crippen LogP contribution in [0.25, 0.3) is 0 Å². The monoisotopic (exact) mass is 389 g/mol. The predicted molar refractivity (Wildman–Crippen MR) is 67.8 cm³/mol. The average Bonchev–Trinajstić information content (AvgIpc) is 2.20. The number of carbonyl (C=O) groups excluding carboxylic acids is 1. The summed E-state index contributed by atoms with van der Waals surface area (Å²) in [6.07, 6.45) is -4.75. The molecule has 0 fully saturated rings. The van der Waals surface area contributed by atoms with Crippen LogP contribution in [-0.2, 0) is 4.79 Å². The third kappa shape index (κ3) is 4.85. The fraction of sp³-hybridized carbons (Fsp3) is 0.300. The number of hydrogen-bond acceptors (Lipinski definition) is 2. The van der Waals surface area contributed by atoms with Crippen LogP contribution < -0.4 is 10.1 Å². The second-order valence-corrected chi connectivity index (χ2v) is 5.53. The predicted octanol–water partition coefficient (Wildman–Crippen LogP) is 4.07. The quantitative estimate of drug-likeness (QED) is 0.790. The Kier molecular flexibility index (Phi) is 5.03. The topological polar surface area (TPSA) is 38.3 Å². The third-order valence-corrected chi connectivity index (χ3v) is 2.82. The largest absolute Gasteiger partial charge is 0.573 e. The summed E-state index contributed by atoms with van der Waals surface area (Å²) in [5.74, 6) is -0.668. The first-order chi connectivity index (χ1) is 8.19. The molecule has 0 heterocycles. The van der Waals surface area contributed by atoms with Gasteiger partial charge < -0.3 is 10.1 Å². The summed E-state index contributed by atoms with van der Waals surface area (Å²) >= 11 is 6.01. The number of anilines is 1.